The molecule has 0 bridgehead atoms. The van der Waals surface area contributed by atoms with Crippen molar-refractivity contribution in [1.82, 2.24) is 39.9 Å². The number of hydrogen-bond acceptors (Lipinski definition) is 11. The lowest BCUT2D eigenvalue weighted by molar-refractivity contribution is 0.266. The van der Waals surface area contributed by atoms with Gasteiger partial charge >= 0.3 is 0 Å². The van der Waals surface area contributed by atoms with Gasteiger partial charge in [0.15, 0.2) is 11.4 Å². The Morgan fingerprint density at radius 2 is 2.03 bits per heavy atom. The molecule has 14 heteroatoms. The van der Waals surface area contributed by atoms with E-state index in [0.717, 1.165) is 32.7 Å². The van der Waals surface area contributed by atoms with Crippen molar-refractivity contribution in [2.75, 3.05) is 55.2 Å². The third kappa shape index (κ3) is 5.06. The molecule has 1 aromatic carbocycles. The number of piperazine rings is 1. The van der Waals surface area contributed by atoms with Crippen LogP contribution in [0.15, 0.2) is 53.3 Å². The largest absolute Gasteiger partial charge is 0.487 e. The van der Waals surface area contributed by atoms with Crippen molar-refractivity contribution in [3.8, 4) is 17.2 Å². The fourth-order valence-corrected chi connectivity index (χ4v) is 4.36. The van der Waals surface area contributed by atoms with Gasteiger partial charge in [0, 0.05) is 51.4 Å². The van der Waals surface area contributed by atoms with Gasteiger partial charge in [-0.15, -0.1) is 0 Å². The summed E-state index contributed by atoms with van der Waals surface area (Å²) in [6.07, 6.45) is 3.16. The highest BCUT2D eigenvalue weighted by Gasteiger charge is 2.20. The van der Waals surface area contributed by atoms with E-state index in [-0.39, 0.29) is 18.4 Å². The number of aromatic amines is 1. The zero-order chi connectivity index (χ0) is 25.9. The van der Waals surface area contributed by atoms with Gasteiger partial charge in [-0.1, -0.05) is 0 Å². The van der Waals surface area contributed by atoms with Crippen molar-refractivity contribution in [3.63, 3.8) is 0 Å². The summed E-state index contributed by atoms with van der Waals surface area (Å²) in [6, 6.07) is 10.4. The third-order valence-corrected chi connectivity index (χ3v) is 6.32. The number of nitrogens with one attached hydrogen (secondary N) is 2. The van der Waals surface area contributed by atoms with Crippen LogP contribution in [0.3, 0.4) is 0 Å². The fraction of sp³-hybridized carbons (Fsp3) is 0.292. The minimum absolute atomic E-state index is 0.224. The molecule has 0 unspecified atom stereocenters. The van der Waals surface area contributed by atoms with Crippen LogP contribution in [0.5, 0.6) is 5.75 Å². The predicted octanol–water partition coefficient (Wildman–Crippen LogP) is 2.04. The maximum atomic E-state index is 14.8. The maximum absolute atomic E-state index is 14.8. The molecule has 0 spiro atoms. The molecule has 13 nitrogen and oxygen atoms in total. The van der Waals surface area contributed by atoms with E-state index in [1.165, 1.54) is 10.6 Å². The standard InChI is InChI=1S/C24H26FN11O2/c25-18-12-17(38-15-16-14-28-33-31-16)3-4-20(18)35-9-7-34(8-10-35)6-5-27-24-29-22-13-19(21-2-1-11-37-21)32-36(22)23(26)30-24/h1-4,11-14H,5-10,15H2,(H,28,31,33)(H3,26,27,29,30). The van der Waals surface area contributed by atoms with Crippen LogP contribution in [0.4, 0.5) is 22.0 Å². The Kier molecular flexibility index (Phi) is 6.44. The molecular formula is C24H26FN11O2. The van der Waals surface area contributed by atoms with Gasteiger partial charge in [-0.25, -0.2) is 4.39 Å². The normalized spacial score (nSPS) is 14.3. The van der Waals surface area contributed by atoms with Gasteiger partial charge in [-0.05, 0) is 24.3 Å². The first-order valence-electron chi connectivity index (χ1n) is 12.2. The summed E-state index contributed by atoms with van der Waals surface area (Å²) in [6.45, 7) is 4.71. The van der Waals surface area contributed by atoms with Crippen LogP contribution in [0.1, 0.15) is 5.69 Å². The van der Waals surface area contributed by atoms with E-state index < -0.39 is 0 Å². The summed E-state index contributed by atoms with van der Waals surface area (Å²) < 4.78 is 27.3. The highest BCUT2D eigenvalue weighted by Crippen LogP contribution is 2.26. The number of ether oxygens (including phenoxy) is 1. The Bertz CT molecular complexity index is 1500. The molecule has 1 aliphatic heterocycles. The van der Waals surface area contributed by atoms with Gasteiger partial charge in [-0.3, -0.25) is 4.90 Å². The SMILES string of the molecule is Nc1nc(NCCN2CCN(c3ccc(OCc4cn[nH]n4)cc3F)CC2)nc2cc(-c3ccco3)nn12. The number of halogens is 1. The summed E-state index contributed by atoms with van der Waals surface area (Å²) in [5.41, 5.74) is 8.53. The van der Waals surface area contributed by atoms with Crippen molar-refractivity contribution in [1.29, 1.82) is 0 Å². The molecule has 1 aliphatic rings. The summed E-state index contributed by atoms with van der Waals surface area (Å²) in [5.74, 6) is 1.45. The highest BCUT2D eigenvalue weighted by atomic mass is 19.1. The van der Waals surface area contributed by atoms with Crippen LogP contribution in [0, 0.1) is 5.82 Å². The minimum atomic E-state index is -0.307. The number of benzene rings is 1. The summed E-state index contributed by atoms with van der Waals surface area (Å²) >= 11 is 0. The van der Waals surface area contributed by atoms with Gasteiger partial charge in [-0.2, -0.15) is 35.0 Å². The van der Waals surface area contributed by atoms with E-state index in [9.17, 15) is 4.39 Å². The Balaban J connectivity index is 0.992. The van der Waals surface area contributed by atoms with Crippen LogP contribution >= 0.6 is 0 Å². The molecule has 0 saturated carbocycles. The van der Waals surface area contributed by atoms with Crippen molar-refractivity contribution in [2.45, 2.75) is 6.61 Å². The zero-order valence-corrected chi connectivity index (χ0v) is 20.4. The Morgan fingerprint density at radius 3 is 2.79 bits per heavy atom. The number of anilines is 3. The third-order valence-electron chi connectivity index (χ3n) is 6.32. The Labute approximate surface area is 216 Å². The number of nitrogens with two attached hydrogens (primary N) is 1. The molecule has 4 N–H and O–H groups in total. The number of furan rings is 1. The molecule has 196 valence electrons. The number of nitrogen functional groups attached to an aromatic ring is 1. The number of H-pyrrole nitrogens is 1. The van der Waals surface area contributed by atoms with Gasteiger partial charge < -0.3 is 25.1 Å². The monoisotopic (exact) mass is 519 g/mol. The van der Waals surface area contributed by atoms with Gasteiger partial charge in [0.05, 0.1) is 18.1 Å². The first kappa shape index (κ1) is 23.7. The Morgan fingerprint density at radius 1 is 1.13 bits per heavy atom. The summed E-state index contributed by atoms with van der Waals surface area (Å²) in [4.78, 5) is 13.2. The molecule has 0 aliphatic carbocycles. The fourth-order valence-electron chi connectivity index (χ4n) is 4.36. The van der Waals surface area contributed by atoms with E-state index in [2.05, 4.69) is 45.6 Å². The molecule has 0 amide bonds. The van der Waals surface area contributed by atoms with Crippen LogP contribution in [0.2, 0.25) is 0 Å². The van der Waals surface area contributed by atoms with E-state index in [1.54, 1.807) is 36.7 Å². The molecule has 5 aromatic rings. The zero-order valence-electron chi connectivity index (χ0n) is 20.4. The van der Waals surface area contributed by atoms with E-state index in [1.807, 2.05) is 6.07 Å². The summed E-state index contributed by atoms with van der Waals surface area (Å²) in [7, 11) is 0. The van der Waals surface area contributed by atoms with E-state index >= 15 is 0 Å². The second-order valence-corrected chi connectivity index (χ2v) is 8.80. The van der Waals surface area contributed by atoms with Gasteiger partial charge in [0.25, 0.3) is 0 Å². The smallest absolute Gasteiger partial charge is 0.228 e. The lowest BCUT2D eigenvalue weighted by Crippen LogP contribution is -2.48. The first-order valence-corrected chi connectivity index (χ1v) is 12.2. The molecule has 0 radical (unpaired) electrons. The molecule has 0 atom stereocenters. The molecule has 4 aromatic heterocycles. The lowest BCUT2D eigenvalue weighted by Gasteiger charge is -2.36. The van der Waals surface area contributed by atoms with Crippen LogP contribution in [0.25, 0.3) is 17.1 Å². The second-order valence-electron chi connectivity index (χ2n) is 8.80. The van der Waals surface area contributed by atoms with Crippen molar-refractivity contribution in [2.24, 2.45) is 0 Å². The number of fused-ring (bicyclic) bond motifs is 1. The lowest BCUT2D eigenvalue weighted by atomic mass is 10.2. The number of nitrogens with zero attached hydrogens (tertiary/aromatic N) is 8. The highest BCUT2D eigenvalue weighted by molar-refractivity contribution is 5.61. The van der Waals surface area contributed by atoms with Gasteiger partial charge in [0.2, 0.25) is 11.9 Å². The molecule has 1 saturated heterocycles. The number of rotatable bonds is 9. The minimum Gasteiger partial charge on any atom is -0.487 e. The van der Waals surface area contributed by atoms with E-state index in [4.69, 9.17) is 14.9 Å². The molecular weight excluding hydrogens is 493 g/mol. The second kappa shape index (κ2) is 10.3. The van der Waals surface area contributed by atoms with Crippen molar-refractivity contribution in [3.05, 3.63) is 60.4 Å². The van der Waals surface area contributed by atoms with Gasteiger partial charge in [0.1, 0.15) is 29.6 Å². The average Bonchev–Trinajstić information content (AvgIpc) is 3.70. The molecule has 38 heavy (non-hydrogen) atoms. The molecule has 1 fully saturated rings. The Hall–Kier alpha value is -4.72. The molecule has 5 heterocycles. The van der Waals surface area contributed by atoms with Crippen LogP contribution in [-0.2, 0) is 6.61 Å². The van der Waals surface area contributed by atoms with Crippen molar-refractivity contribution < 1.29 is 13.5 Å². The van der Waals surface area contributed by atoms with E-state index in [0.29, 0.717) is 46.7 Å². The average molecular weight is 520 g/mol. The maximum Gasteiger partial charge on any atom is 0.228 e. The predicted molar refractivity (Wildman–Crippen MR) is 137 cm³/mol. The van der Waals surface area contributed by atoms with Crippen LogP contribution < -0.4 is 20.7 Å². The topological polar surface area (TPSA) is 152 Å². The first-order chi connectivity index (χ1) is 18.6. The number of hydrogen-bond donors (Lipinski definition) is 3. The quantitative estimate of drug-likeness (QED) is 0.262. The van der Waals surface area contributed by atoms with Crippen LogP contribution in [-0.4, -0.2) is 79.2 Å². The van der Waals surface area contributed by atoms with Crippen molar-refractivity contribution >= 4 is 23.2 Å². The summed E-state index contributed by atoms with van der Waals surface area (Å²) in [5, 5.41) is 17.8. The number of aromatic nitrogens is 7. The molecule has 6 rings (SSSR count).